The molecule has 0 spiro atoms. The maximum absolute atomic E-state index is 5.70. The molecule has 0 aliphatic carbocycles. The van der Waals surface area contributed by atoms with Crippen LogP contribution >= 0.6 is 0 Å². The molecule has 3 heteroatoms. The van der Waals surface area contributed by atoms with Crippen LogP contribution in [-0.4, -0.2) is 43.0 Å². The fourth-order valence-corrected chi connectivity index (χ4v) is 2.08. The highest BCUT2D eigenvalue weighted by atomic mass is 15.2. The molecule has 0 aliphatic heterocycles. The molecule has 1 unspecified atom stereocenters. The van der Waals surface area contributed by atoms with Crippen molar-refractivity contribution in [3.05, 3.63) is 29.8 Å². The zero-order chi connectivity index (χ0) is 12.8. The van der Waals surface area contributed by atoms with Crippen molar-refractivity contribution in [3.63, 3.8) is 0 Å². The molecule has 1 atom stereocenters. The predicted molar refractivity (Wildman–Crippen MR) is 75.0 cm³/mol. The summed E-state index contributed by atoms with van der Waals surface area (Å²) in [6.45, 7) is 7.64. The predicted octanol–water partition coefficient (Wildman–Crippen LogP) is 2.04. The molecule has 96 valence electrons. The number of hydrogen-bond acceptors (Lipinski definition) is 3. The smallest absolute Gasteiger partial charge is 0.0314 e. The van der Waals surface area contributed by atoms with E-state index in [9.17, 15) is 0 Å². The number of nitrogens with zero attached hydrogens (tertiary/aromatic N) is 2. The SMILES string of the molecule is CCN(Cc1ccc(N)cc1)C(C)CN(C)C. The topological polar surface area (TPSA) is 32.5 Å². The second-order valence-corrected chi connectivity index (χ2v) is 4.92. The second-order valence-electron chi connectivity index (χ2n) is 4.92. The van der Waals surface area contributed by atoms with Crippen molar-refractivity contribution in [2.24, 2.45) is 0 Å². The molecule has 0 fully saturated rings. The summed E-state index contributed by atoms with van der Waals surface area (Å²) in [5.41, 5.74) is 7.85. The van der Waals surface area contributed by atoms with Crippen LogP contribution in [0.5, 0.6) is 0 Å². The first-order valence-electron chi connectivity index (χ1n) is 6.26. The van der Waals surface area contributed by atoms with Gasteiger partial charge in [-0.2, -0.15) is 0 Å². The molecular formula is C14H25N3. The third-order valence-corrected chi connectivity index (χ3v) is 3.02. The Balaban J connectivity index is 2.59. The Morgan fingerprint density at radius 1 is 1.18 bits per heavy atom. The standard InChI is InChI=1S/C14H25N3/c1-5-17(12(2)10-16(3)4)11-13-6-8-14(15)9-7-13/h6-9,12H,5,10-11,15H2,1-4H3. The minimum absolute atomic E-state index is 0.563. The van der Waals surface area contributed by atoms with E-state index in [1.165, 1.54) is 5.56 Å². The number of rotatable bonds is 6. The van der Waals surface area contributed by atoms with Crippen LogP contribution < -0.4 is 5.73 Å². The minimum Gasteiger partial charge on any atom is -0.399 e. The molecule has 1 aromatic carbocycles. The number of anilines is 1. The minimum atomic E-state index is 0.563. The molecule has 0 aliphatic rings. The van der Waals surface area contributed by atoms with Crippen molar-refractivity contribution in [1.29, 1.82) is 0 Å². The summed E-state index contributed by atoms with van der Waals surface area (Å²) in [6.07, 6.45) is 0. The summed E-state index contributed by atoms with van der Waals surface area (Å²) in [7, 11) is 4.24. The average molecular weight is 235 g/mol. The van der Waals surface area contributed by atoms with Crippen molar-refractivity contribution in [2.45, 2.75) is 26.4 Å². The first-order valence-corrected chi connectivity index (χ1v) is 6.26. The lowest BCUT2D eigenvalue weighted by atomic mass is 10.1. The van der Waals surface area contributed by atoms with Gasteiger partial charge in [0.15, 0.2) is 0 Å². The van der Waals surface area contributed by atoms with E-state index in [1.54, 1.807) is 0 Å². The Morgan fingerprint density at radius 2 is 1.76 bits per heavy atom. The van der Waals surface area contributed by atoms with Crippen LogP contribution in [0.4, 0.5) is 5.69 Å². The van der Waals surface area contributed by atoms with E-state index in [0.717, 1.165) is 25.3 Å². The normalized spacial score (nSPS) is 13.3. The zero-order valence-corrected chi connectivity index (χ0v) is 11.5. The molecule has 17 heavy (non-hydrogen) atoms. The molecule has 0 bridgehead atoms. The Kier molecular flexibility index (Phi) is 5.45. The summed E-state index contributed by atoms with van der Waals surface area (Å²) in [6, 6.07) is 8.73. The molecule has 0 radical (unpaired) electrons. The number of nitrogens with two attached hydrogens (primary N) is 1. The van der Waals surface area contributed by atoms with Gasteiger partial charge in [-0.1, -0.05) is 19.1 Å². The van der Waals surface area contributed by atoms with E-state index in [1.807, 2.05) is 12.1 Å². The summed E-state index contributed by atoms with van der Waals surface area (Å²) in [5.74, 6) is 0. The van der Waals surface area contributed by atoms with Gasteiger partial charge in [0.2, 0.25) is 0 Å². The highest BCUT2D eigenvalue weighted by Crippen LogP contribution is 2.11. The van der Waals surface area contributed by atoms with Crippen LogP contribution in [0.15, 0.2) is 24.3 Å². The lowest BCUT2D eigenvalue weighted by Gasteiger charge is -2.30. The van der Waals surface area contributed by atoms with E-state index >= 15 is 0 Å². The maximum atomic E-state index is 5.70. The summed E-state index contributed by atoms with van der Waals surface area (Å²) in [5, 5.41) is 0. The van der Waals surface area contributed by atoms with E-state index < -0.39 is 0 Å². The van der Waals surface area contributed by atoms with Crippen LogP contribution in [0.1, 0.15) is 19.4 Å². The van der Waals surface area contributed by atoms with E-state index in [-0.39, 0.29) is 0 Å². The monoisotopic (exact) mass is 235 g/mol. The van der Waals surface area contributed by atoms with Crippen molar-refractivity contribution in [2.75, 3.05) is 32.9 Å². The molecule has 0 saturated heterocycles. The molecular weight excluding hydrogens is 210 g/mol. The van der Waals surface area contributed by atoms with Gasteiger partial charge >= 0.3 is 0 Å². The largest absolute Gasteiger partial charge is 0.399 e. The lowest BCUT2D eigenvalue weighted by Crippen LogP contribution is -2.39. The van der Waals surface area contributed by atoms with Crippen LogP contribution in [0.25, 0.3) is 0 Å². The molecule has 1 rings (SSSR count). The van der Waals surface area contributed by atoms with Crippen molar-refractivity contribution in [1.82, 2.24) is 9.80 Å². The van der Waals surface area contributed by atoms with E-state index in [2.05, 4.69) is 49.9 Å². The number of benzene rings is 1. The Hall–Kier alpha value is -1.06. The van der Waals surface area contributed by atoms with Gasteiger partial charge in [0, 0.05) is 24.8 Å². The number of nitrogen functional groups attached to an aromatic ring is 1. The van der Waals surface area contributed by atoms with Crippen molar-refractivity contribution in [3.8, 4) is 0 Å². The molecule has 0 heterocycles. The third-order valence-electron chi connectivity index (χ3n) is 3.02. The van der Waals surface area contributed by atoms with Gasteiger partial charge in [0.05, 0.1) is 0 Å². The van der Waals surface area contributed by atoms with Crippen LogP contribution in [-0.2, 0) is 6.54 Å². The fraction of sp³-hybridized carbons (Fsp3) is 0.571. The molecule has 0 aromatic heterocycles. The number of likely N-dealkylation sites (N-methyl/N-ethyl adjacent to an activating group) is 2. The van der Waals surface area contributed by atoms with Gasteiger partial charge in [-0.05, 0) is 45.3 Å². The van der Waals surface area contributed by atoms with Gasteiger partial charge < -0.3 is 10.6 Å². The van der Waals surface area contributed by atoms with Crippen molar-refractivity contribution >= 4 is 5.69 Å². The van der Waals surface area contributed by atoms with Crippen LogP contribution in [0, 0.1) is 0 Å². The van der Waals surface area contributed by atoms with Gasteiger partial charge in [-0.25, -0.2) is 0 Å². The Bertz CT molecular complexity index is 319. The number of hydrogen-bond donors (Lipinski definition) is 1. The Morgan fingerprint density at radius 3 is 2.24 bits per heavy atom. The first-order chi connectivity index (χ1) is 8.02. The van der Waals surface area contributed by atoms with Crippen LogP contribution in [0.2, 0.25) is 0 Å². The molecule has 0 amide bonds. The molecule has 2 N–H and O–H groups in total. The van der Waals surface area contributed by atoms with Gasteiger partial charge in [-0.3, -0.25) is 4.90 Å². The lowest BCUT2D eigenvalue weighted by molar-refractivity contribution is 0.174. The fourth-order valence-electron chi connectivity index (χ4n) is 2.08. The zero-order valence-electron chi connectivity index (χ0n) is 11.5. The first kappa shape index (κ1) is 14.0. The Labute approximate surface area is 105 Å². The van der Waals surface area contributed by atoms with Gasteiger partial charge in [-0.15, -0.1) is 0 Å². The van der Waals surface area contributed by atoms with E-state index in [0.29, 0.717) is 6.04 Å². The maximum Gasteiger partial charge on any atom is 0.0314 e. The summed E-state index contributed by atoms with van der Waals surface area (Å²) < 4.78 is 0. The molecule has 3 nitrogen and oxygen atoms in total. The van der Waals surface area contributed by atoms with Crippen molar-refractivity contribution < 1.29 is 0 Å². The van der Waals surface area contributed by atoms with Crippen LogP contribution in [0.3, 0.4) is 0 Å². The summed E-state index contributed by atoms with van der Waals surface area (Å²) >= 11 is 0. The average Bonchev–Trinajstić information content (AvgIpc) is 2.27. The third kappa shape index (κ3) is 4.75. The molecule has 1 aromatic rings. The molecule has 0 saturated carbocycles. The van der Waals surface area contributed by atoms with Gasteiger partial charge in [0.1, 0.15) is 0 Å². The van der Waals surface area contributed by atoms with Gasteiger partial charge in [0.25, 0.3) is 0 Å². The van der Waals surface area contributed by atoms with E-state index in [4.69, 9.17) is 5.73 Å². The highest BCUT2D eigenvalue weighted by molar-refractivity contribution is 5.39. The quantitative estimate of drug-likeness (QED) is 0.766. The second kappa shape index (κ2) is 6.62. The highest BCUT2D eigenvalue weighted by Gasteiger charge is 2.12. The summed E-state index contributed by atoms with van der Waals surface area (Å²) in [4.78, 5) is 4.71.